The first-order valence-electron chi connectivity index (χ1n) is 8.27. The van der Waals surface area contributed by atoms with E-state index in [2.05, 4.69) is 5.32 Å². The molecule has 0 saturated carbocycles. The zero-order valence-corrected chi connectivity index (χ0v) is 15.8. The lowest BCUT2D eigenvalue weighted by Crippen LogP contribution is -2.20. The molecule has 138 valence electrons. The predicted molar refractivity (Wildman–Crippen MR) is 106 cm³/mol. The second-order valence-electron chi connectivity index (χ2n) is 5.96. The highest BCUT2D eigenvalue weighted by Gasteiger charge is 2.07. The summed E-state index contributed by atoms with van der Waals surface area (Å²) in [5, 5.41) is 3.21. The first-order valence-corrected chi connectivity index (χ1v) is 8.27. The fraction of sp³-hybridized carbons (Fsp3) is 0.238. The molecule has 0 spiro atoms. The highest BCUT2D eigenvalue weighted by atomic mass is 35.5. The van der Waals surface area contributed by atoms with Crippen LogP contribution in [0.5, 0.6) is 0 Å². The number of ether oxygens (including phenoxy) is 1. The van der Waals surface area contributed by atoms with E-state index < -0.39 is 0 Å². The molecular formula is C21H24ClNO3. The van der Waals surface area contributed by atoms with Gasteiger partial charge >= 0.3 is 5.97 Å². The van der Waals surface area contributed by atoms with E-state index in [4.69, 9.17) is 4.74 Å². The molecule has 2 aromatic rings. The van der Waals surface area contributed by atoms with Gasteiger partial charge in [0.1, 0.15) is 6.61 Å². The number of allylic oxidation sites excluding steroid dienone is 1. The van der Waals surface area contributed by atoms with Gasteiger partial charge in [-0.05, 0) is 19.4 Å². The van der Waals surface area contributed by atoms with Crippen LogP contribution in [0.15, 0.2) is 66.2 Å². The standard InChI is InChI=1S/C21H23NO3.ClH/c1-16(2)14-20(23)25-13-12-22-15-17-8-10-19(11-9-17)21(24)18-6-4-3-5-7-18;/h3-11,14,22H,12-13,15H2,1-2H3;1H. The lowest BCUT2D eigenvalue weighted by atomic mass is 10.0. The Morgan fingerprint density at radius 3 is 2.19 bits per heavy atom. The molecule has 2 aromatic carbocycles. The zero-order valence-electron chi connectivity index (χ0n) is 15.0. The van der Waals surface area contributed by atoms with E-state index in [1.165, 1.54) is 6.08 Å². The largest absolute Gasteiger partial charge is 0.461 e. The second-order valence-corrected chi connectivity index (χ2v) is 5.96. The molecular weight excluding hydrogens is 350 g/mol. The summed E-state index contributed by atoms with van der Waals surface area (Å²) in [5.41, 5.74) is 3.35. The zero-order chi connectivity index (χ0) is 18.1. The normalized spacial score (nSPS) is 9.77. The molecule has 5 heteroatoms. The summed E-state index contributed by atoms with van der Waals surface area (Å²) >= 11 is 0. The summed E-state index contributed by atoms with van der Waals surface area (Å²) in [6.07, 6.45) is 1.47. The molecule has 4 nitrogen and oxygen atoms in total. The molecule has 0 radical (unpaired) electrons. The monoisotopic (exact) mass is 373 g/mol. The number of hydrogen-bond acceptors (Lipinski definition) is 4. The van der Waals surface area contributed by atoms with E-state index >= 15 is 0 Å². The predicted octanol–water partition coefficient (Wildman–Crippen LogP) is 3.94. The van der Waals surface area contributed by atoms with Crippen LogP contribution in [-0.2, 0) is 16.1 Å². The molecule has 0 bridgehead atoms. The Morgan fingerprint density at radius 1 is 0.962 bits per heavy atom. The van der Waals surface area contributed by atoms with Gasteiger partial charge in [-0.25, -0.2) is 4.79 Å². The number of carbonyl (C=O) groups excluding carboxylic acids is 2. The van der Waals surface area contributed by atoms with Crippen LogP contribution in [-0.4, -0.2) is 24.9 Å². The fourth-order valence-corrected chi connectivity index (χ4v) is 2.26. The Labute approximate surface area is 160 Å². The van der Waals surface area contributed by atoms with Crippen LogP contribution in [0, 0.1) is 0 Å². The van der Waals surface area contributed by atoms with E-state index in [9.17, 15) is 9.59 Å². The van der Waals surface area contributed by atoms with Crippen molar-refractivity contribution in [2.45, 2.75) is 20.4 Å². The Balaban J connectivity index is 0.00000338. The van der Waals surface area contributed by atoms with Crippen molar-refractivity contribution in [2.75, 3.05) is 13.2 Å². The molecule has 26 heavy (non-hydrogen) atoms. The SMILES string of the molecule is CC(C)=CC(=O)OCCNCc1ccc(C(=O)c2ccccc2)cc1.Cl. The molecule has 0 aliphatic carbocycles. The maximum atomic E-state index is 12.3. The Hall–Kier alpha value is -2.43. The third-order valence-electron chi connectivity index (χ3n) is 3.51. The van der Waals surface area contributed by atoms with E-state index in [0.717, 1.165) is 11.1 Å². The smallest absolute Gasteiger partial charge is 0.330 e. The van der Waals surface area contributed by atoms with Crippen molar-refractivity contribution in [2.24, 2.45) is 0 Å². The van der Waals surface area contributed by atoms with Gasteiger partial charge in [-0.15, -0.1) is 12.4 Å². The lowest BCUT2D eigenvalue weighted by molar-refractivity contribution is -0.137. The number of halogens is 1. The van der Waals surface area contributed by atoms with Crippen molar-refractivity contribution >= 4 is 24.2 Å². The van der Waals surface area contributed by atoms with E-state index in [0.29, 0.717) is 30.8 Å². The minimum atomic E-state index is -0.314. The molecule has 0 amide bonds. The van der Waals surface area contributed by atoms with Crippen molar-refractivity contribution in [1.29, 1.82) is 0 Å². The van der Waals surface area contributed by atoms with Gasteiger partial charge in [-0.2, -0.15) is 0 Å². The summed E-state index contributed by atoms with van der Waals surface area (Å²) in [4.78, 5) is 23.7. The van der Waals surface area contributed by atoms with E-state index in [1.54, 1.807) is 0 Å². The molecule has 2 rings (SSSR count). The highest BCUT2D eigenvalue weighted by Crippen LogP contribution is 2.11. The number of esters is 1. The first kappa shape index (κ1) is 21.6. The van der Waals surface area contributed by atoms with Gasteiger partial charge in [-0.3, -0.25) is 4.79 Å². The van der Waals surface area contributed by atoms with Gasteiger partial charge in [-0.1, -0.05) is 60.2 Å². The molecule has 0 aromatic heterocycles. The Bertz CT molecular complexity index is 736. The number of nitrogens with one attached hydrogen (secondary N) is 1. The van der Waals surface area contributed by atoms with E-state index in [-0.39, 0.29) is 24.2 Å². The van der Waals surface area contributed by atoms with Crippen molar-refractivity contribution < 1.29 is 14.3 Å². The molecule has 0 heterocycles. The molecule has 0 aliphatic rings. The van der Waals surface area contributed by atoms with Gasteiger partial charge in [0.15, 0.2) is 5.78 Å². The quantitative estimate of drug-likeness (QED) is 0.329. The first-order chi connectivity index (χ1) is 12.1. The molecule has 0 atom stereocenters. The number of hydrogen-bond donors (Lipinski definition) is 1. The third-order valence-corrected chi connectivity index (χ3v) is 3.51. The Morgan fingerprint density at radius 2 is 1.58 bits per heavy atom. The van der Waals surface area contributed by atoms with Crippen molar-refractivity contribution in [3.63, 3.8) is 0 Å². The second kappa shape index (κ2) is 11.2. The summed E-state index contributed by atoms with van der Waals surface area (Å²) in [6.45, 7) is 5.26. The molecule has 0 aliphatic heterocycles. The number of carbonyl (C=O) groups is 2. The van der Waals surface area contributed by atoms with Crippen LogP contribution in [0.25, 0.3) is 0 Å². The highest BCUT2D eigenvalue weighted by molar-refractivity contribution is 6.08. The van der Waals surface area contributed by atoms with Gasteiger partial charge in [0.05, 0.1) is 0 Å². The fourth-order valence-electron chi connectivity index (χ4n) is 2.26. The van der Waals surface area contributed by atoms with Crippen LogP contribution in [0.2, 0.25) is 0 Å². The van der Waals surface area contributed by atoms with E-state index in [1.807, 2.05) is 68.4 Å². The average Bonchev–Trinajstić information content (AvgIpc) is 2.61. The minimum Gasteiger partial charge on any atom is -0.461 e. The maximum Gasteiger partial charge on any atom is 0.330 e. The van der Waals surface area contributed by atoms with Crippen LogP contribution in [0.4, 0.5) is 0 Å². The number of ketones is 1. The van der Waals surface area contributed by atoms with Gasteiger partial charge < -0.3 is 10.1 Å². The molecule has 1 N–H and O–H groups in total. The summed E-state index contributed by atoms with van der Waals surface area (Å²) in [6, 6.07) is 16.8. The Kier molecular flexibility index (Phi) is 9.34. The topological polar surface area (TPSA) is 55.4 Å². The number of rotatable bonds is 8. The maximum absolute atomic E-state index is 12.3. The lowest BCUT2D eigenvalue weighted by Gasteiger charge is -2.07. The van der Waals surface area contributed by atoms with Crippen LogP contribution >= 0.6 is 12.4 Å². The van der Waals surface area contributed by atoms with Crippen LogP contribution in [0.3, 0.4) is 0 Å². The number of benzene rings is 2. The average molecular weight is 374 g/mol. The molecule has 0 unspecified atom stereocenters. The molecule has 0 fully saturated rings. The third kappa shape index (κ3) is 7.21. The van der Waals surface area contributed by atoms with Crippen LogP contribution in [0.1, 0.15) is 35.3 Å². The summed E-state index contributed by atoms with van der Waals surface area (Å²) in [5.74, 6) is -0.295. The van der Waals surface area contributed by atoms with Crippen LogP contribution < -0.4 is 5.32 Å². The van der Waals surface area contributed by atoms with Crippen molar-refractivity contribution in [3.05, 3.63) is 82.9 Å². The van der Waals surface area contributed by atoms with Gasteiger partial charge in [0.25, 0.3) is 0 Å². The van der Waals surface area contributed by atoms with Gasteiger partial charge in [0.2, 0.25) is 0 Å². The minimum absolute atomic E-state index is 0. The van der Waals surface area contributed by atoms with Crippen molar-refractivity contribution in [3.8, 4) is 0 Å². The van der Waals surface area contributed by atoms with Gasteiger partial charge in [0, 0.05) is 30.3 Å². The summed E-state index contributed by atoms with van der Waals surface area (Å²) < 4.78 is 5.07. The van der Waals surface area contributed by atoms with Crippen molar-refractivity contribution in [1.82, 2.24) is 5.32 Å². The summed E-state index contributed by atoms with van der Waals surface area (Å²) in [7, 11) is 0. The molecule has 0 saturated heterocycles.